The van der Waals surface area contributed by atoms with Gasteiger partial charge in [0.1, 0.15) is 0 Å². The van der Waals surface area contributed by atoms with Crippen molar-refractivity contribution in [2.24, 2.45) is 11.8 Å². The van der Waals surface area contributed by atoms with E-state index in [4.69, 9.17) is 0 Å². The lowest BCUT2D eigenvalue weighted by molar-refractivity contribution is 0.246. The Hall–Kier alpha value is 0. The van der Waals surface area contributed by atoms with Crippen LogP contribution in [-0.4, -0.2) is 0 Å². The molecule has 0 spiro atoms. The molecular formula is C12H24. The number of hydrogen-bond acceptors (Lipinski definition) is 0. The summed E-state index contributed by atoms with van der Waals surface area (Å²) >= 11 is 0. The zero-order chi connectivity index (χ0) is 8.81. The number of unbranched alkanes of at least 4 members (excludes halogenated alkanes) is 1. The van der Waals surface area contributed by atoms with Crippen LogP contribution in [0.25, 0.3) is 0 Å². The first kappa shape index (κ1) is 10.1. The SMILES string of the molecule is CCCCC1CCCC(CC)C1. The Balaban J connectivity index is 2.16. The van der Waals surface area contributed by atoms with Gasteiger partial charge in [-0.25, -0.2) is 0 Å². The first-order valence-electron chi connectivity index (χ1n) is 5.86. The van der Waals surface area contributed by atoms with Crippen molar-refractivity contribution in [1.29, 1.82) is 0 Å². The van der Waals surface area contributed by atoms with Crippen molar-refractivity contribution in [3.8, 4) is 0 Å². The largest absolute Gasteiger partial charge is 0.0654 e. The van der Waals surface area contributed by atoms with E-state index in [2.05, 4.69) is 13.8 Å². The highest BCUT2D eigenvalue weighted by Gasteiger charge is 2.19. The highest BCUT2D eigenvalue weighted by molar-refractivity contribution is 4.72. The Kier molecular flexibility index (Phi) is 4.72. The third kappa shape index (κ3) is 3.16. The first-order chi connectivity index (χ1) is 5.86. The van der Waals surface area contributed by atoms with Crippen LogP contribution in [-0.2, 0) is 0 Å². The summed E-state index contributed by atoms with van der Waals surface area (Å²) in [7, 11) is 0. The van der Waals surface area contributed by atoms with E-state index >= 15 is 0 Å². The van der Waals surface area contributed by atoms with E-state index in [1.165, 1.54) is 51.4 Å². The molecular weight excluding hydrogens is 144 g/mol. The summed E-state index contributed by atoms with van der Waals surface area (Å²) in [5.74, 6) is 2.16. The quantitative estimate of drug-likeness (QED) is 0.584. The van der Waals surface area contributed by atoms with Gasteiger partial charge in [-0.1, -0.05) is 58.8 Å². The summed E-state index contributed by atoms with van der Waals surface area (Å²) in [6.45, 7) is 4.66. The van der Waals surface area contributed by atoms with Crippen LogP contribution in [0, 0.1) is 11.8 Å². The van der Waals surface area contributed by atoms with Crippen LogP contribution in [0.1, 0.15) is 65.2 Å². The van der Waals surface area contributed by atoms with Gasteiger partial charge in [0.25, 0.3) is 0 Å². The molecule has 1 aliphatic carbocycles. The topological polar surface area (TPSA) is 0 Å². The summed E-state index contributed by atoms with van der Waals surface area (Å²) in [5.41, 5.74) is 0. The fourth-order valence-electron chi connectivity index (χ4n) is 2.53. The number of hydrogen-bond donors (Lipinski definition) is 0. The lowest BCUT2D eigenvalue weighted by Gasteiger charge is -2.28. The summed E-state index contributed by atoms with van der Waals surface area (Å²) in [4.78, 5) is 0. The molecule has 0 bridgehead atoms. The average molecular weight is 168 g/mol. The van der Waals surface area contributed by atoms with E-state index in [1.807, 2.05) is 0 Å². The highest BCUT2D eigenvalue weighted by Crippen LogP contribution is 2.33. The molecule has 1 rings (SSSR count). The zero-order valence-corrected chi connectivity index (χ0v) is 8.81. The maximum absolute atomic E-state index is 2.35. The first-order valence-corrected chi connectivity index (χ1v) is 5.86. The second-order valence-corrected chi connectivity index (χ2v) is 4.45. The number of rotatable bonds is 4. The van der Waals surface area contributed by atoms with Crippen LogP contribution >= 0.6 is 0 Å². The van der Waals surface area contributed by atoms with Crippen molar-refractivity contribution in [1.82, 2.24) is 0 Å². The van der Waals surface area contributed by atoms with Gasteiger partial charge in [-0.2, -0.15) is 0 Å². The van der Waals surface area contributed by atoms with Gasteiger partial charge in [0.05, 0.1) is 0 Å². The Labute approximate surface area is 77.7 Å². The predicted octanol–water partition coefficient (Wildman–Crippen LogP) is 4.39. The molecule has 0 radical (unpaired) electrons. The molecule has 0 N–H and O–H groups in total. The van der Waals surface area contributed by atoms with Gasteiger partial charge in [0, 0.05) is 0 Å². The highest BCUT2D eigenvalue weighted by atomic mass is 14.2. The predicted molar refractivity (Wildman–Crippen MR) is 55.3 cm³/mol. The summed E-state index contributed by atoms with van der Waals surface area (Å²) < 4.78 is 0. The lowest BCUT2D eigenvalue weighted by atomic mass is 9.78. The molecule has 0 aromatic carbocycles. The van der Waals surface area contributed by atoms with Crippen LogP contribution in [0.2, 0.25) is 0 Å². The maximum atomic E-state index is 2.35. The van der Waals surface area contributed by atoms with Crippen molar-refractivity contribution >= 4 is 0 Å². The molecule has 0 nitrogen and oxygen atoms in total. The van der Waals surface area contributed by atoms with E-state index in [0.29, 0.717) is 0 Å². The third-order valence-electron chi connectivity index (χ3n) is 3.43. The van der Waals surface area contributed by atoms with E-state index in [9.17, 15) is 0 Å². The van der Waals surface area contributed by atoms with Gasteiger partial charge < -0.3 is 0 Å². The second-order valence-electron chi connectivity index (χ2n) is 4.45. The average Bonchev–Trinajstić information content (AvgIpc) is 2.15. The van der Waals surface area contributed by atoms with Gasteiger partial charge in [0.2, 0.25) is 0 Å². The molecule has 1 aliphatic rings. The lowest BCUT2D eigenvalue weighted by Crippen LogP contribution is -2.14. The molecule has 1 fully saturated rings. The molecule has 0 aliphatic heterocycles. The van der Waals surface area contributed by atoms with E-state index in [0.717, 1.165) is 11.8 Å². The Morgan fingerprint density at radius 3 is 2.50 bits per heavy atom. The van der Waals surface area contributed by atoms with Crippen molar-refractivity contribution in [3.05, 3.63) is 0 Å². The summed E-state index contributed by atoms with van der Waals surface area (Å²) in [6.07, 6.45) is 11.9. The Morgan fingerprint density at radius 1 is 1.08 bits per heavy atom. The third-order valence-corrected chi connectivity index (χ3v) is 3.43. The van der Waals surface area contributed by atoms with Crippen LogP contribution in [0.4, 0.5) is 0 Å². The Bertz CT molecular complexity index is 107. The zero-order valence-electron chi connectivity index (χ0n) is 8.81. The molecule has 0 saturated heterocycles. The van der Waals surface area contributed by atoms with Crippen molar-refractivity contribution in [2.75, 3.05) is 0 Å². The van der Waals surface area contributed by atoms with Gasteiger partial charge in [-0.3, -0.25) is 0 Å². The van der Waals surface area contributed by atoms with Gasteiger partial charge >= 0.3 is 0 Å². The fraction of sp³-hybridized carbons (Fsp3) is 1.00. The van der Waals surface area contributed by atoms with Crippen molar-refractivity contribution in [2.45, 2.75) is 65.2 Å². The minimum atomic E-state index is 1.07. The standard InChI is InChI=1S/C12H24/c1-3-5-7-12-9-6-8-11(4-2)10-12/h11-12H,3-10H2,1-2H3. The summed E-state index contributed by atoms with van der Waals surface area (Å²) in [6, 6.07) is 0. The minimum Gasteiger partial charge on any atom is -0.0654 e. The van der Waals surface area contributed by atoms with Gasteiger partial charge in [-0.05, 0) is 18.3 Å². The van der Waals surface area contributed by atoms with E-state index < -0.39 is 0 Å². The molecule has 0 aromatic heterocycles. The van der Waals surface area contributed by atoms with Gasteiger partial charge in [0.15, 0.2) is 0 Å². The second kappa shape index (κ2) is 5.61. The monoisotopic (exact) mass is 168 g/mol. The summed E-state index contributed by atoms with van der Waals surface area (Å²) in [5, 5.41) is 0. The van der Waals surface area contributed by atoms with Crippen LogP contribution in [0.3, 0.4) is 0 Å². The van der Waals surface area contributed by atoms with E-state index in [-0.39, 0.29) is 0 Å². The molecule has 0 heterocycles. The molecule has 2 unspecified atom stereocenters. The molecule has 1 saturated carbocycles. The molecule has 72 valence electrons. The molecule has 12 heavy (non-hydrogen) atoms. The van der Waals surface area contributed by atoms with Crippen molar-refractivity contribution < 1.29 is 0 Å². The van der Waals surface area contributed by atoms with Crippen molar-refractivity contribution in [3.63, 3.8) is 0 Å². The van der Waals surface area contributed by atoms with Crippen LogP contribution in [0.5, 0.6) is 0 Å². The normalized spacial score (nSPS) is 30.5. The molecule has 0 aromatic rings. The smallest absolute Gasteiger partial charge is 0.0412 e. The van der Waals surface area contributed by atoms with Gasteiger partial charge in [-0.15, -0.1) is 0 Å². The van der Waals surface area contributed by atoms with Crippen LogP contribution in [0.15, 0.2) is 0 Å². The van der Waals surface area contributed by atoms with E-state index in [1.54, 1.807) is 0 Å². The molecule has 0 amide bonds. The molecule has 0 heteroatoms. The molecule has 2 atom stereocenters. The maximum Gasteiger partial charge on any atom is -0.0412 e. The minimum absolute atomic E-state index is 1.07. The fourth-order valence-corrected chi connectivity index (χ4v) is 2.53. The van der Waals surface area contributed by atoms with Crippen LogP contribution < -0.4 is 0 Å². The Morgan fingerprint density at radius 2 is 1.83 bits per heavy atom.